The van der Waals surface area contributed by atoms with E-state index >= 15 is 0 Å². The number of anilines is 1. The van der Waals surface area contributed by atoms with Crippen LogP contribution in [0.1, 0.15) is 17.4 Å². The van der Waals surface area contributed by atoms with Gasteiger partial charge in [-0.15, -0.1) is 12.4 Å². The van der Waals surface area contributed by atoms with Crippen molar-refractivity contribution in [2.75, 3.05) is 44.3 Å². The van der Waals surface area contributed by atoms with Gasteiger partial charge in [-0.3, -0.25) is 19.3 Å². The Bertz CT molecular complexity index is 889. The van der Waals surface area contributed by atoms with Gasteiger partial charge in [0.05, 0.1) is 23.4 Å². The molecule has 150 valence electrons. The highest BCUT2D eigenvalue weighted by molar-refractivity contribution is 7.22. The second-order valence-electron chi connectivity index (χ2n) is 6.41. The van der Waals surface area contributed by atoms with E-state index < -0.39 is 0 Å². The van der Waals surface area contributed by atoms with Crippen LogP contribution in [0.25, 0.3) is 10.2 Å². The first-order chi connectivity index (χ1) is 13.3. The van der Waals surface area contributed by atoms with Crippen LogP contribution in [-0.2, 0) is 11.3 Å². The lowest BCUT2D eigenvalue weighted by Gasteiger charge is -2.29. The first-order valence-corrected chi connectivity index (χ1v) is 10.1. The average molecular weight is 422 g/mol. The zero-order valence-electron chi connectivity index (χ0n) is 15.8. The Morgan fingerprint density at radius 3 is 2.79 bits per heavy atom. The van der Waals surface area contributed by atoms with Crippen LogP contribution in [0.5, 0.6) is 0 Å². The third-order valence-electron chi connectivity index (χ3n) is 4.74. The summed E-state index contributed by atoms with van der Waals surface area (Å²) in [5.41, 5.74) is 1.52. The molecule has 1 amide bonds. The number of hydrogen-bond donors (Lipinski definition) is 0. The van der Waals surface area contributed by atoms with Crippen LogP contribution in [0.2, 0.25) is 0 Å². The van der Waals surface area contributed by atoms with Crippen molar-refractivity contribution in [1.82, 2.24) is 19.7 Å². The molecule has 0 saturated carbocycles. The molecule has 1 aromatic carbocycles. The summed E-state index contributed by atoms with van der Waals surface area (Å²) in [5, 5.41) is 4.98. The predicted molar refractivity (Wildman–Crippen MR) is 114 cm³/mol. The molecule has 3 heterocycles. The summed E-state index contributed by atoms with van der Waals surface area (Å²) in [5.74, 6) is -0.0540. The second kappa shape index (κ2) is 9.47. The van der Waals surface area contributed by atoms with Crippen molar-refractivity contribution in [3.8, 4) is 0 Å². The fraction of sp³-hybridized carbons (Fsp3) is 0.421. The molecule has 0 aliphatic carbocycles. The van der Waals surface area contributed by atoms with Gasteiger partial charge in [0.15, 0.2) is 5.13 Å². The van der Waals surface area contributed by atoms with E-state index in [0.717, 1.165) is 48.2 Å². The molecule has 1 saturated heterocycles. The lowest BCUT2D eigenvalue weighted by atomic mass is 10.3. The molecule has 4 rings (SSSR count). The Morgan fingerprint density at radius 2 is 2.04 bits per heavy atom. The molecule has 2 aromatic heterocycles. The molecular weight excluding hydrogens is 398 g/mol. The van der Waals surface area contributed by atoms with E-state index in [-0.39, 0.29) is 18.3 Å². The molecule has 0 atom stereocenters. The summed E-state index contributed by atoms with van der Waals surface area (Å²) in [6.07, 6.45) is 1.68. The third-order valence-corrected chi connectivity index (χ3v) is 5.80. The molecule has 0 radical (unpaired) electrons. The topological polar surface area (TPSA) is 63.5 Å². The number of hydrogen-bond acceptors (Lipinski definition) is 6. The number of fused-ring (bicyclic) bond motifs is 1. The van der Waals surface area contributed by atoms with Gasteiger partial charge in [0.25, 0.3) is 5.91 Å². The zero-order valence-corrected chi connectivity index (χ0v) is 17.4. The summed E-state index contributed by atoms with van der Waals surface area (Å²) in [6, 6.07) is 9.77. The van der Waals surface area contributed by atoms with Gasteiger partial charge in [0.2, 0.25) is 0 Å². The molecule has 9 heteroatoms. The number of thiazole rings is 1. The first-order valence-electron chi connectivity index (χ1n) is 9.25. The molecule has 0 N–H and O–H groups in total. The van der Waals surface area contributed by atoms with Crippen molar-refractivity contribution in [3.63, 3.8) is 0 Å². The third kappa shape index (κ3) is 4.35. The van der Waals surface area contributed by atoms with E-state index in [4.69, 9.17) is 9.72 Å². The van der Waals surface area contributed by atoms with Gasteiger partial charge in [-0.1, -0.05) is 23.5 Å². The Labute approximate surface area is 174 Å². The Balaban J connectivity index is 0.00000225. The fourth-order valence-corrected chi connectivity index (χ4v) is 4.22. The van der Waals surface area contributed by atoms with Crippen LogP contribution < -0.4 is 4.90 Å². The standard InChI is InChI=1S/C19H23N5O2S.ClH/c1-2-24-16(7-8-20-24)18(25)23(10-9-22-11-13-26-14-12-22)19-21-15-5-3-4-6-17(15)27-19;/h3-8H,2,9-14H2,1H3;1H. The van der Waals surface area contributed by atoms with Gasteiger partial charge in [-0.25, -0.2) is 4.98 Å². The lowest BCUT2D eigenvalue weighted by molar-refractivity contribution is 0.0391. The quantitative estimate of drug-likeness (QED) is 0.612. The number of halogens is 1. The van der Waals surface area contributed by atoms with Gasteiger partial charge in [-0.2, -0.15) is 5.10 Å². The normalized spacial score (nSPS) is 14.8. The number of aromatic nitrogens is 3. The van der Waals surface area contributed by atoms with Crippen molar-refractivity contribution in [2.45, 2.75) is 13.5 Å². The maximum Gasteiger partial charge on any atom is 0.278 e. The van der Waals surface area contributed by atoms with E-state index in [1.165, 1.54) is 0 Å². The maximum absolute atomic E-state index is 13.3. The largest absolute Gasteiger partial charge is 0.379 e. The highest BCUT2D eigenvalue weighted by Crippen LogP contribution is 2.29. The maximum atomic E-state index is 13.3. The number of para-hydroxylation sites is 1. The van der Waals surface area contributed by atoms with Gasteiger partial charge in [0.1, 0.15) is 5.69 Å². The van der Waals surface area contributed by atoms with E-state index in [1.54, 1.807) is 33.2 Å². The van der Waals surface area contributed by atoms with Gasteiger partial charge >= 0.3 is 0 Å². The molecule has 0 spiro atoms. The summed E-state index contributed by atoms with van der Waals surface area (Å²) in [7, 11) is 0. The monoisotopic (exact) mass is 421 g/mol. The number of ether oxygens (including phenoxy) is 1. The second-order valence-corrected chi connectivity index (χ2v) is 7.42. The van der Waals surface area contributed by atoms with Gasteiger partial charge in [0, 0.05) is 38.9 Å². The molecule has 7 nitrogen and oxygen atoms in total. The minimum Gasteiger partial charge on any atom is -0.379 e. The number of nitrogens with zero attached hydrogens (tertiary/aromatic N) is 5. The highest BCUT2D eigenvalue weighted by Gasteiger charge is 2.25. The Morgan fingerprint density at radius 1 is 1.25 bits per heavy atom. The van der Waals surface area contributed by atoms with Crippen molar-refractivity contribution in [1.29, 1.82) is 0 Å². The molecule has 1 aliphatic heterocycles. The van der Waals surface area contributed by atoms with Crippen LogP contribution in [0.3, 0.4) is 0 Å². The van der Waals surface area contributed by atoms with Crippen LogP contribution in [-0.4, -0.2) is 65.0 Å². The Kier molecular flexibility index (Phi) is 7.01. The van der Waals surface area contributed by atoms with Crippen molar-refractivity contribution in [2.24, 2.45) is 0 Å². The molecule has 1 aliphatic rings. The number of rotatable bonds is 6. The number of aryl methyl sites for hydroxylation is 1. The molecule has 1 fully saturated rings. The lowest BCUT2D eigenvalue weighted by Crippen LogP contribution is -2.43. The smallest absolute Gasteiger partial charge is 0.278 e. The van der Waals surface area contributed by atoms with Crippen molar-refractivity contribution in [3.05, 3.63) is 42.2 Å². The van der Waals surface area contributed by atoms with Gasteiger partial charge in [-0.05, 0) is 25.1 Å². The number of carbonyl (C=O) groups excluding carboxylic acids is 1. The highest BCUT2D eigenvalue weighted by atomic mass is 35.5. The minimum absolute atomic E-state index is 0. The zero-order chi connectivity index (χ0) is 18.6. The van der Waals surface area contributed by atoms with Crippen molar-refractivity contribution < 1.29 is 9.53 Å². The number of morpholine rings is 1. The first kappa shape index (κ1) is 20.7. The average Bonchev–Trinajstić information content (AvgIpc) is 3.35. The summed E-state index contributed by atoms with van der Waals surface area (Å²) < 4.78 is 8.24. The van der Waals surface area contributed by atoms with Gasteiger partial charge < -0.3 is 4.74 Å². The number of carbonyl (C=O) groups is 1. The van der Waals surface area contributed by atoms with E-state index in [0.29, 0.717) is 18.8 Å². The molecule has 0 bridgehead atoms. The fourth-order valence-electron chi connectivity index (χ4n) is 3.23. The van der Waals surface area contributed by atoms with Crippen molar-refractivity contribution >= 4 is 45.0 Å². The van der Waals surface area contributed by atoms with Crippen LogP contribution >= 0.6 is 23.7 Å². The minimum atomic E-state index is -0.0540. The van der Waals surface area contributed by atoms with E-state index in [1.807, 2.05) is 31.2 Å². The number of benzene rings is 1. The van der Waals surface area contributed by atoms with Crippen LogP contribution in [0, 0.1) is 0 Å². The van der Waals surface area contributed by atoms with Crippen LogP contribution in [0.15, 0.2) is 36.5 Å². The molecular formula is C19H24ClN5O2S. The van der Waals surface area contributed by atoms with E-state index in [2.05, 4.69) is 10.00 Å². The molecule has 3 aromatic rings. The number of amides is 1. The molecule has 0 unspecified atom stereocenters. The Hall–Kier alpha value is -2.00. The van der Waals surface area contributed by atoms with E-state index in [9.17, 15) is 4.79 Å². The molecule has 28 heavy (non-hydrogen) atoms. The summed E-state index contributed by atoms with van der Waals surface area (Å²) in [4.78, 5) is 22.2. The summed E-state index contributed by atoms with van der Waals surface area (Å²) >= 11 is 1.55. The SMILES string of the molecule is CCn1nccc1C(=O)N(CCN1CCOCC1)c1nc2ccccc2s1.Cl. The summed E-state index contributed by atoms with van der Waals surface area (Å²) in [6.45, 7) is 7.32. The predicted octanol–water partition coefficient (Wildman–Crippen LogP) is 2.91. The van der Waals surface area contributed by atoms with Crippen LogP contribution in [0.4, 0.5) is 5.13 Å².